The van der Waals surface area contributed by atoms with Crippen molar-refractivity contribution in [1.82, 2.24) is 25.0 Å². The summed E-state index contributed by atoms with van der Waals surface area (Å²) in [4.78, 5) is 17.9. The van der Waals surface area contributed by atoms with Gasteiger partial charge in [-0.25, -0.2) is 9.97 Å². The van der Waals surface area contributed by atoms with Crippen LogP contribution in [0, 0.1) is 13.8 Å². The fraction of sp³-hybridized carbons (Fsp3) is 0.625. The van der Waals surface area contributed by atoms with Crippen molar-refractivity contribution in [1.29, 1.82) is 0 Å². The van der Waals surface area contributed by atoms with Gasteiger partial charge in [-0.3, -0.25) is 4.90 Å². The van der Waals surface area contributed by atoms with Gasteiger partial charge in [-0.05, 0) is 39.3 Å². The van der Waals surface area contributed by atoms with E-state index in [1.807, 2.05) is 26.1 Å². The van der Waals surface area contributed by atoms with E-state index in [2.05, 4.69) is 37.0 Å². The normalized spacial score (nSPS) is 19.1. The van der Waals surface area contributed by atoms with Crippen LogP contribution in [0.5, 0.6) is 0 Å². The van der Waals surface area contributed by atoms with Gasteiger partial charge in [0.15, 0.2) is 5.82 Å². The minimum Gasteiger partial charge on any atom is -0.341 e. The summed E-state index contributed by atoms with van der Waals surface area (Å²) in [6.45, 7) is 6.54. The van der Waals surface area contributed by atoms with E-state index >= 15 is 0 Å². The standard InChI is InChI=1S/C16H24N6O/c1-12-6-8-17-16(18-12)22-9-4-5-14(7-10-22)21(3)11-15-19-13(2)23-20-15/h6,8,14H,4-5,7,9-11H2,1-3H3/t14-/m1/s1. The highest BCUT2D eigenvalue weighted by Gasteiger charge is 2.22. The van der Waals surface area contributed by atoms with Crippen LogP contribution in [0.1, 0.15) is 36.7 Å². The van der Waals surface area contributed by atoms with Gasteiger partial charge in [-0.15, -0.1) is 0 Å². The van der Waals surface area contributed by atoms with Crippen molar-refractivity contribution in [3.8, 4) is 0 Å². The van der Waals surface area contributed by atoms with Crippen LogP contribution in [0.15, 0.2) is 16.8 Å². The summed E-state index contributed by atoms with van der Waals surface area (Å²) in [5.74, 6) is 2.23. The Morgan fingerprint density at radius 2 is 2.13 bits per heavy atom. The maximum Gasteiger partial charge on any atom is 0.225 e. The second-order valence-corrected chi connectivity index (χ2v) is 6.21. The van der Waals surface area contributed by atoms with Crippen LogP contribution in [0.25, 0.3) is 0 Å². The molecule has 0 unspecified atom stereocenters. The summed E-state index contributed by atoms with van der Waals surface area (Å²) in [7, 11) is 2.13. The number of anilines is 1. The van der Waals surface area contributed by atoms with Crippen molar-refractivity contribution in [2.45, 2.75) is 45.7 Å². The van der Waals surface area contributed by atoms with Crippen molar-refractivity contribution in [2.75, 3.05) is 25.0 Å². The summed E-state index contributed by atoms with van der Waals surface area (Å²) >= 11 is 0. The highest BCUT2D eigenvalue weighted by molar-refractivity contribution is 5.30. The first-order valence-corrected chi connectivity index (χ1v) is 8.16. The monoisotopic (exact) mass is 316 g/mol. The number of hydrogen-bond acceptors (Lipinski definition) is 7. The molecule has 0 amide bonds. The number of hydrogen-bond donors (Lipinski definition) is 0. The minimum atomic E-state index is 0.517. The molecular weight excluding hydrogens is 292 g/mol. The van der Waals surface area contributed by atoms with E-state index in [9.17, 15) is 0 Å². The summed E-state index contributed by atoms with van der Waals surface area (Å²) in [5.41, 5.74) is 1.01. The maximum absolute atomic E-state index is 5.05. The molecule has 2 aromatic rings. The Kier molecular flexibility index (Phi) is 4.85. The molecule has 0 bridgehead atoms. The highest BCUT2D eigenvalue weighted by atomic mass is 16.5. The molecule has 1 aliphatic rings. The molecule has 0 aliphatic carbocycles. The molecule has 0 spiro atoms. The van der Waals surface area contributed by atoms with Gasteiger partial charge >= 0.3 is 0 Å². The molecule has 1 saturated heterocycles. The summed E-state index contributed by atoms with van der Waals surface area (Å²) < 4.78 is 5.05. The molecule has 2 aromatic heterocycles. The lowest BCUT2D eigenvalue weighted by molar-refractivity contribution is 0.209. The summed E-state index contributed by atoms with van der Waals surface area (Å²) in [6, 6.07) is 2.45. The van der Waals surface area contributed by atoms with Crippen LogP contribution in [0.2, 0.25) is 0 Å². The molecule has 1 fully saturated rings. The van der Waals surface area contributed by atoms with Gasteiger partial charge in [0.05, 0.1) is 6.54 Å². The molecule has 0 radical (unpaired) electrons. The zero-order valence-corrected chi connectivity index (χ0v) is 14.1. The van der Waals surface area contributed by atoms with Crippen LogP contribution in [-0.4, -0.2) is 51.2 Å². The quantitative estimate of drug-likeness (QED) is 0.854. The van der Waals surface area contributed by atoms with E-state index in [4.69, 9.17) is 4.52 Å². The average Bonchev–Trinajstić information content (AvgIpc) is 2.79. The topological polar surface area (TPSA) is 71.2 Å². The molecule has 1 aliphatic heterocycles. The minimum absolute atomic E-state index is 0.517. The molecule has 3 rings (SSSR count). The Balaban J connectivity index is 1.59. The molecule has 124 valence electrons. The molecule has 3 heterocycles. The molecule has 1 atom stereocenters. The van der Waals surface area contributed by atoms with E-state index in [0.717, 1.165) is 56.4 Å². The molecule has 7 nitrogen and oxygen atoms in total. The van der Waals surface area contributed by atoms with Crippen LogP contribution in [0.3, 0.4) is 0 Å². The SMILES string of the molecule is Cc1ccnc(N2CCC[C@@H](N(C)Cc3noc(C)n3)CC2)n1. The molecular formula is C16H24N6O. The van der Waals surface area contributed by atoms with Crippen LogP contribution < -0.4 is 4.90 Å². The number of nitrogens with zero attached hydrogens (tertiary/aromatic N) is 6. The van der Waals surface area contributed by atoms with E-state index in [1.54, 1.807) is 0 Å². The molecule has 0 saturated carbocycles. The number of rotatable bonds is 4. The van der Waals surface area contributed by atoms with Gasteiger partial charge in [0.2, 0.25) is 11.8 Å². The van der Waals surface area contributed by atoms with Gasteiger partial charge in [-0.2, -0.15) is 4.98 Å². The van der Waals surface area contributed by atoms with Gasteiger partial charge in [0, 0.05) is 37.9 Å². The third-order valence-electron chi connectivity index (χ3n) is 4.35. The van der Waals surface area contributed by atoms with Gasteiger partial charge in [-0.1, -0.05) is 5.16 Å². The Hall–Kier alpha value is -2.02. The smallest absolute Gasteiger partial charge is 0.225 e. The first-order valence-electron chi connectivity index (χ1n) is 8.16. The van der Waals surface area contributed by atoms with Gasteiger partial charge < -0.3 is 9.42 Å². The fourth-order valence-corrected chi connectivity index (χ4v) is 3.07. The average molecular weight is 316 g/mol. The Labute approximate surface area is 136 Å². The lowest BCUT2D eigenvalue weighted by Crippen LogP contribution is -2.33. The van der Waals surface area contributed by atoms with Crippen molar-refractivity contribution in [3.05, 3.63) is 29.7 Å². The second-order valence-electron chi connectivity index (χ2n) is 6.21. The molecule has 7 heteroatoms. The summed E-state index contributed by atoms with van der Waals surface area (Å²) in [6.07, 6.45) is 5.22. The molecule has 0 aromatic carbocycles. The van der Waals surface area contributed by atoms with Crippen LogP contribution in [-0.2, 0) is 6.54 Å². The Morgan fingerprint density at radius 1 is 1.26 bits per heavy atom. The molecule has 0 N–H and O–H groups in total. The Morgan fingerprint density at radius 3 is 2.87 bits per heavy atom. The number of aromatic nitrogens is 4. The first kappa shape index (κ1) is 15.9. The Bertz CT molecular complexity index is 643. The second kappa shape index (κ2) is 7.04. The van der Waals surface area contributed by atoms with Gasteiger partial charge in [0.1, 0.15) is 0 Å². The lowest BCUT2D eigenvalue weighted by Gasteiger charge is -2.26. The molecule has 23 heavy (non-hydrogen) atoms. The predicted octanol–water partition coefficient (Wildman–Crippen LogP) is 1.97. The van der Waals surface area contributed by atoms with Crippen molar-refractivity contribution >= 4 is 5.95 Å². The predicted molar refractivity (Wildman–Crippen MR) is 87.1 cm³/mol. The summed E-state index contributed by atoms with van der Waals surface area (Å²) in [5, 5.41) is 3.99. The van der Waals surface area contributed by atoms with Crippen LogP contribution >= 0.6 is 0 Å². The lowest BCUT2D eigenvalue weighted by atomic mass is 10.1. The zero-order chi connectivity index (χ0) is 16.2. The third kappa shape index (κ3) is 4.04. The van der Waals surface area contributed by atoms with Crippen LogP contribution in [0.4, 0.5) is 5.95 Å². The van der Waals surface area contributed by atoms with Crippen molar-refractivity contribution < 1.29 is 4.52 Å². The van der Waals surface area contributed by atoms with E-state index in [-0.39, 0.29) is 0 Å². The third-order valence-corrected chi connectivity index (χ3v) is 4.35. The highest BCUT2D eigenvalue weighted by Crippen LogP contribution is 2.20. The van der Waals surface area contributed by atoms with Gasteiger partial charge in [0.25, 0.3) is 0 Å². The zero-order valence-electron chi connectivity index (χ0n) is 14.1. The van der Waals surface area contributed by atoms with E-state index in [0.29, 0.717) is 11.9 Å². The largest absolute Gasteiger partial charge is 0.341 e. The first-order chi connectivity index (χ1) is 11.1. The maximum atomic E-state index is 5.05. The number of aryl methyl sites for hydroxylation is 2. The fourth-order valence-electron chi connectivity index (χ4n) is 3.07. The van der Waals surface area contributed by atoms with E-state index < -0.39 is 0 Å². The van der Waals surface area contributed by atoms with E-state index in [1.165, 1.54) is 0 Å². The van der Waals surface area contributed by atoms with Crippen molar-refractivity contribution in [2.24, 2.45) is 0 Å². The van der Waals surface area contributed by atoms with Crippen molar-refractivity contribution in [3.63, 3.8) is 0 Å².